The van der Waals surface area contributed by atoms with Crippen LogP contribution in [-0.2, 0) is 13.5 Å². The summed E-state index contributed by atoms with van der Waals surface area (Å²) in [6.45, 7) is 3.83. The number of hydrogen-bond donors (Lipinski definition) is 0. The van der Waals surface area contributed by atoms with Crippen LogP contribution in [0.4, 0.5) is 0 Å². The Bertz CT molecular complexity index is 236. The van der Waals surface area contributed by atoms with Gasteiger partial charge < -0.3 is 0 Å². The summed E-state index contributed by atoms with van der Waals surface area (Å²) >= 11 is -1.61. The van der Waals surface area contributed by atoms with Crippen LogP contribution in [0.2, 0.25) is 0 Å². The fourth-order valence-electron chi connectivity index (χ4n) is 0.610. The third kappa shape index (κ3) is 11.2. The zero-order valence-corrected chi connectivity index (χ0v) is 13.8. The van der Waals surface area contributed by atoms with E-state index in [1.807, 2.05) is 48.3 Å². The summed E-state index contributed by atoms with van der Waals surface area (Å²) < 4.78 is 1.92. The number of halogens is 2. The van der Waals surface area contributed by atoms with E-state index in [1.165, 1.54) is 0 Å². The van der Waals surface area contributed by atoms with Gasteiger partial charge >= 0.3 is 73.4 Å². The molecule has 0 heterocycles. The van der Waals surface area contributed by atoms with Gasteiger partial charge in [-0.1, -0.05) is 13.3 Å². The van der Waals surface area contributed by atoms with Gasteiger partial charge in [0.25, 0.3) is 0 Å². The van der Waals surface area contributed by atoms with E-state index >= 15 is 0 Å². The van der Waals surface area contributed by atoms with Crippen LogP contribution < -0.4 is 0 Å². The monoisotopic (exact) mass is 358 g/mol. The molecular weight excluding hydrogens is 342 g/mol. The van der Waals surface area contributed by atoms with Gasteiger partial charge in [0.05, 0.1) is 0 Å². The molecule has 0 aliphatic heterocycles. The van der Waals surface area contributed by atoms with Crippen LogP contribution >= 0.6 is 37.9 Å². The first-order chi connectivity index (χ1) is 6.79. The minimum absolute atomic E-state index is 1.12. The Hall–Kier alpha value is 1.15. The van der Waals surface area contributed by atoms with E-state index in [-0.39, 0.29) is 0 Å². The molecule has 14 heavy (non-hydrogen) atoms. The molecule has 0 saturated carbocycles. The zero-order valence-electron chi connectivity index (χ0n) is 8.23. The third-order valence-corrected chi connectivity index (χ3v) is 2.87. The molecule has 5 heteroatoms. The second-order valence-electron chi connectivity index (χ2n) is 1.72. The normalized spacial score (nSPS) is 8.57. The average Bonchev–Trinajstić information content (AvgIpc) is 2.24. The second kappa shape index (κ2) is 14.2. The van der Waals surface area contributed by atoms with Gasteiger partial charge in [0.15, 0.2) is 0 Å². The van der Waals surface area contributed by atoms with Crippen molar-refractivity contribution in [2.45, 2.75) is 0 Å². The first-order valence-corrected chi connectivity index (χ1v) is 11.6. The minimum atomic E-state index is -1.61. The molecule has 1 rings (SSSR count). The van der Waals surface area contributed by atoms with Gasteiger partial charge in [-0.25, -0.2) is 0 Å². The van der Waals surface area contributed by atoms with Crippen LogP contribution in [0.25, 0.3) is 0 Å². The Morgan fingerprint density at radius 1 is 1.00 bits per heavy atom. The van der Waals surface area contributed by atoms with Crippen LogP contribution in [-0.4, -0.2) is 17.9 Å². The van der Waals surface area contributed by atoms with Crippen molar-refractivity contribution in [3.8, 4) is 0 Å². The van der Waals surface area contributed by atoms with Gasteiger partial charge in [0.1, 0.15) is 0 Å². The van der Waals surface area contributed by atoms with Crippen molar-refractivity contribution >= 4 is 42.5 Å². The quantitative estimate of drug-likeness (QED) is 0.530. The van der Waals surface area contributed by atoms with E-state index in [0.717, 1.165) is 5.56 Å². The number of benzene rings is 1. The van der Waals surface area contributed by atoms with Gasteiger partial charge in [-0.2, -0.15) is 0 Å². The van der Waals surface area contributed by atoms with E-state index in [0.29, 0.717) is 0 Å². The van der Waals surface area contributed by atoms with Crippen LogP contribution in [0.3, 0.4) is 0 Å². The summed E-state index contributed by atoms with van der Waals surface area (Å²) in [4.78, 5) is 0. The summed E-state index contributed by atoms with van der Waals surface area (Å²) in [5, 5.41) is 0. The Balaban J connectivity index is 0. The maximum absolute atomic E-state index is 5.67. The van der Waals surface area contributed by atoms with Gasteiger partial charge in [0.2, 0.25) is 0 Å². The second-order valence-corrected chi connectivity index (χ2v) is 7.44. The third-order valence-electron chi connectivity index (χ3n) is 0.995. The maximum atomic E-state index is 5.67. The molecule has 0 aliphatic rings. The summed E-state index contributed by atoms with van der Waals surface area (Å²) in [6.07, 6.45) is 0. The van der Waals surface area contributed by atoms with Crippen molar-refractivity contribution < 1.29 is 13.5 Å². The van der Waals surface area contributed by atoms with Gasteiger partial charge in [-0.05, 0) is 0 Å². The molecule has 0 fully saturated rings. The van der Waals surface area contributed by atoms with Gasteiger partial charge in [0, 0.05) is 0 Å². The molecule has 1 aromatic rings. The van der Waals surface area contributed by atoms with Crippen LogP contribution in [0.15, 0.2) is 30.3 Å². The first-order valence-electron chi connectivity index (χ1n) is 3.83. The summed E-state index contributed by atoms with van der Waals surface area (Å²) in [5.41, 5.74) is 1.12. The zero-order chi connectivity index (χ0) is 11.4. The van der Waals surface area contributed by atoms with Crippen molar-refractivity contribution in [1.29, 1.82) is 0 Å². The molecule has 2 atom stereocenters. The first kappa shape index (κ1) is 17.5. The Kier molecular flexibility index (Phi) is 17.7. The van der Waals surface area contributed by atoms with E-state index in [1.54, 1.807) is 0 Å². The summed E-state index contributed by atoms with van der Waals surface area (Å²) in [7, 11) is 16.2. The average molecular weight is 358 g/mol. The Morgan fingerprint density at radius 2 is 1.43 bits per heavy atom. The molecule has 0 bridgehead atoms. The molecule has 0 aliphatic carbocycles. The Labute approximate surface area is 105 Å². The molecule has 0 aromatic heterocycles. The molecule has 84 valence electrons. The molecule has 0 amide bonds. The fraction of sp³-hybridized carbons (Fsp3) is 0.222. The fourth-order valence-corrected chi connectivity index (χ4v) is 2.44. The van der Waals surface area contributed by atoms with Gasteiger partial charge in [-0.15, -0.1) is 18.5 Å². The molecule has 1 aromatic carbocycles. The number of rotatable bonds is 1. The molecule has 0 spiro atoms. The van der Waals surface area contributed by atoms with E-state index in [9.17, 15) is 0 Å². The van der Waals surface area contributed by atoms with Crippen molar-refractivity contribution in [1.82, 2.24) is 0 Å². The molecular formula is C9H16Cl2P2Ru. The standard InChI is InChI=1S/C7H6.2CH5P.2ClH.Ru/c1-7-5-3-2-4-6-7;2*1-2;;;/h1-6H;2*2H2,1H3;2*1H;/q;;;;;+2/p-2. The topological polar surface area (TPSA) is 0 Å². The predicted octanol–water partition coefficient (Wildman–Crippen LogP) is 3.75. The van der Waals surface area contributed by atoms with Crippen molar-refractivity contribution in [2.24, 2.45) is 0 Å². The van der Waals surface area contributed by atoms with E-state index in [2.05, 4.69) is 18.5 Å². The molecule has 0 saturated heterocycles. The van der Waals surface area contributed by atoms with Crippen molar-refractivity contribution in [3.05, 3.63) is 35.9 Å². The number of hydrogen-bond acceptors (Lipinski definition) is 0. The van der Waals surface area contributed by atoms with Gasteiger partial charge in [-0.3, -0.25) is 0 Å². The molecule has 0 N–H and O–H groups in total. The van der Waals surface area contributed by atoms with Crippen LogP contribution in [0, 0.1) is 0 Å². The summed E-state index contributed by atoms with van der Waals surface area (Å²) in [5.74, 6) is 0. The molecule has 0 nitrogen and oxygen atoms in total. The van der Waals surface area contributed by atoms with E-state index in [4.69, 9.17) is 19.4 Å². The van der Waals surface area contributed by atoms with Crippen molar-refractivity contribution in [3.63, 3.8) is 0 Å². The molecule has 2 unspecified atom stereocenters. The summed E-state index contributed by atoms with van der Waals surface area (Å²) in [6, 6.07) is 9.89. The molecule has 0 radical (unpaired) electrons. The SMILES string of the molecule is CP.CP.[Cl][Ru]([Cl])=[CH]c1ccccc1. The van der Waals surface area contributed by atoms with Crippen LogP contribution in [0.5, 0.6) is 0 Å². The van der Waals surface area contributed by atoms with Crippen LogP contribution in [0.1, 0.15) is 5.56 Å². The van der Waals surface area contributed by atoms with Crippen molar-refractivity contribution in [2.75, 3.05) is 13.3 Å². The Morgan fingerprint density at radius 3 is 1.79 bits per heavy atom. The predicted molar refractivity (Wildman–Crippen MR) is 74.6 cm³/mol. The van der Waals surface area contributed by atoms with E-state index < -0.39 is 13.5 Å².